The van der Waals surface area contributed by atoms with Crippen molar-refractivity contribution in [2.75, 3.05) is 25.8 Å². The number of rotatable bonds is 8. The molecule has 1 aliphatic heterocycles. The van der Waals surface area contributed by atoms with Crippen LogP contribution >= 0.6 is 0 Å². The molecule has 36 heavy (non-hydrogen) atoms. The van der Waals surface area contributed by atoms with Crippen molar-refractivity contribution in [3.05, 3.63) is 72.3 Å². The molecule has 0 saturated heterocycles. The third-order valence-electron chi connectivity index (χ3n) is 5.49. The second-order valence-corrected chi connectivity index (χ2v) is 8.63. The van der Waals surface area contributed by atoms with Gasteiger partial charge in [0.25, 0.3) is 5.91 Å². The van der Waals surface area contributed by atoms with Crippen molar-refractivity contribution in [2.24, 2.45) is 5.92 Å². The monoisotopic (exact) mass is 486 g/mol. The summed E-state index contributed by atoms with van der Waals surface area (Å²) in [4.78, 5) is 17.2. The standard InChI is InChI=1S/C27H26N4O5/c1-17(2)15-34-27-29-25(19-6-13-23-24(14-19)36-16-35-23)31(30-27)21-9-7-20(8-10-21)28-26(32)18-4-11-22(33-3)12-5-18/h4-14,17H,15-16H2,1-3H3,(H,28,32). The van der Waals surface area contributed by atoms with Crippen molar-refractivity contribution in [3.63, 3.8) is 0 Å². The van der Waals surface area contributed by atoms with Gasteiger partial charge in [-0.1, -0.05) is 13.8 Å². The number of amides is 1. The van der Waals surface area contributed by atoms with E-state index in [-0.39, 0.29) is 18.7 Å². The minimum Gasteiger partial charge on any atom is -0.497 e. The predicted molar refractivity (Wildman–Crippen MR) is 134 cm³/mol. The summed E-state index contributed by atoms with van der Waals surface area (Å²) in [7, 11) is 1.59. The van der Waals surface area contributed by atoms with E-state index in [9.17, 15) is 4.79 Å². The van der Waals surface area contributed by atoms with Crippen molar-refractivity contribution in [1.29, 1.82) is 0 Å². The lowest BCUT2D eigenvalue weighted by Crippen LogP contribution is -2.11. The molecule has 0 saturated carbocycles. The molecule has 1 amide bonds. The Morgan fingerprint density at radius 1 is 1.03 bits per heavy atom. The number of ether oxygens (including phenoxy) is 4. The van der Waals surface area contributed by atoms with E-state index < -0.39 is 0 Å². The van der Waals surface area contributed by atoms with Crippen LogP contribution in [0.2, 0.25) is 0 Å². The van der Waals surface area contributed by atoms with Gasteiger partial charge >= 0.3 is 6.01 Å². The number of hydrogen-bond donors (Lipinski definition) is 1. The largest absolute Gasteiger partial charge is 0.497 e. The van der Waals surface area contributed by atoms with E-state index >= 15 is 0 Å². The van der Waals surface area contributed by atoms with Gasteiger partial charge < -0.3 is 24.3 Å². The highest BCUT2D eigenvalue weighted by atomic mass is 16.7. The Bertz CT molecular complexity index is 1360. The first-order valence-corrected chi connectivity index (χ1v) is 11.6. The summed E-state index contributed by atoms with van der Waals surface area (Å²) in [5, 5.41) is 7.50. The zero-order valence-electron chi connectivity index (χ0n) is 20.2. The molecular weight excluding hydrogens is 460 g/mol. The van der Waals surface area contributed by atoms with E-state index in [4.69, 9.17) is 18.9 Å². The third-order valence-corrected chi connectivity index (χ3v) is 5.49. The molecular formula is C27H26N4O5. The number of fused-ring (bicyclic) bond motifs is 1. The normalized spacial score (nSPS) is 12.0. The van der Waals surface area contributed by atoms with Gasteiger partial charge in [0.2, 0.25) is 6.79 Å². The molecule has 0 unspecified atom stereocenters. The van der Waals surface area contributed by atoms with Gasteiger partial charge in [-0.15, -0.1) is 5.10 Å². The number of hydrogen-bond acceptors (Lipinski definition) is 7. The number of anilines is 1. The molecule has 0 radical (unpaired) electrons. The Labute approximate surface area is 208 Å². The molecule has 4 aromatic rings. The predicted octanol–water partition coefficient (Wildman–Crippen LogP) is 4.96. The van der Waals surface area contributed by atoms with Crippen LogP contribution in [0.5, 0.6) is 23.3 Å². The molecule has 0 atom stereocenters. The number of nitrogens with zero attached hydrogens (tertiary/aromatic N) is 3. The van der Waals surface area contributed by atoms with E-state index in [1.165, 1.54) is 0 Å². The molecule has 5 rings (SSSR count). The molecule has 1 aromatic heterocycles. The maximum Gasteiger partial charge on any atom is 0.336 e. The van der Waals surface area contributed by atoms with Crippen LogP contribution in [0.15, 0.2) is 66.7 Å². The van der Waals surface area contributed by atoms with Crippen LogP contribution in [-0.4, -0.2) is 41.2 Å². The Hall–Kier alpha value is -4.53. The second kappa shape index (κ2) is 9.99. The van der Waals surface area contributed by atoms with Crippen LogP contribution in [0, 0.1) is 5.92 Å². The van der Waals surface area contributed by atoms with E-state index in [0.717, 1.165) is 11.3 Å². The van der Waals surface area contributed by atoms with Crippen molar-refractivity contribution in [2.45, 2.75) is 13.8 Å². The molecule has 0 fully saturated rings. The van der Waals surface area contributed by atoms with Crippen molar-refractivity contribution in [3.8, 4) is 40.3 Å². The number of carbonyl (C=O) groups is 1. The first kappa shape index (κ1) is 23.2. The van der Waals surface area contributed by atoms with Gasteiger partial charge in [0.05, 0.1) is 19.4 Å². The molecule has 9 nitrogen and oxygen atoms in total. The summed E-state index contributed by atoms with van der Waals surface area (Å²) < 4.78 is 23.6. The smallest absolute Gasteiger partial charge is 0.336 e. The molecule has 1 N–H and O–H groups in total. The van der Waals surface area contributed by atoms with Gasteiger partial charge in [-0.25, -0.2) is 4.68 Å². The fourth-order valence-corrected chi connectivity index (χ4v) is 3.63. The highest BCUT2D eigenvalue weighted by Gasteiger charge is 2.20. The van der Waals surface area contributed by atoms with E-state index in [0.29, 0.717) is 46.8 Å². The van der Waals surface area contributed by atoms with Crippen molar-refractivity contribution < 1.29 is 23.7 Å². The molecule has 0 aliphatic carbocycles. The molecule has 0 spiro atoms. The second-order valence-electron chi connectivity index (χ2n) is 8.63. The average molecular weight is 487 g/mol. The summed E-state index contributed by atoms with van der Waals surface area (Å²) in [6.45, 7) is 4.82. The summed E-state index contributed by atoms with van der Waals surface area (Å²) in [5.74, 6) is 2.76. The highest BCUT2D eigenvalue weighted by molar-refractivity contribution is 6.04. The lowest BCUT2D eigenvalue weighted by Gasteiger charge is -2.09. The Morgan fingerprint density at radius 2 is 1.78 bits per heavy atom. The summed E-state index contributed by atoms with van der Waals surface area (Å²) in [6.07, 6.45) is 0. The molecule has 3 aromatic carbocycles. The maximum atomic E-state index is 12.6. The summed E-state index contributed by atoms with van der Waals surface area (Å²) in [5.41, 5.74) is 2.76. The van der Waals surface area contributed by atoms with Crippen molar-refractivity contribution in [1.82, 2.24) is 14.8 Å². The van der Waals surface area contributed by atoms with E-state index in [1.807, 2.05) is 42.5 Å². The van der Waals surface area contributed by atoms with Crippen LogP contribution in [0.4, 0.5) is 5.69 Å². The van der Waals surface area contributed by atoms with Crippen LogP contribution in [0.3, 0.4) is 0 Å². The van der Waals surface area contributed by atoms with Crippen LogP contribution in [0.25, 0.3) is 17.1 Å². The Kier molecular flexibility index (Phi) is 6.44. The quantitative estimate of drug-likeness (QED) is 0.376. The minimum atomic E-state index is -0.212. The number of benzene rings is 3. The fraction of sp³-hybridized carbons (Fsp3) is 0.222. The SMILES string of the molecule is COc1ccc(C(=O)Nc2ccc(-n3nc(OCC(C)C)nc3-c3ccc4c(c3)OCO4)cc2)cc1. The zero-order chi connectivity index (χ0) is 25.1. The highest BCUT2D eigenvalue weighted by Crippen LogP contribution is 2.36. The minimum absolute atomic E-state index is 0.192. The number of methoxy groups -OCH3 is 1. The number of nitrogens with one attached hydrogen (secondary N) is 1. The van der Waals surface area contributed by atoms with Gasteiger partial charge in [-0.3, -0.25) is 4.79 Å². The van der Waals surface area contributed by atoms with Gasteiger partial charge in [-0.2, -0.15) is 4.98 Å². The molecule has 184 valence electrons. The molecule has 9 heteroatoms. The van der Waals surface area contributed by atoms with Crippen LogP contribution < -0.4 is 24.3 Å². The van der Waals surface area contributed by atoms with Crippen molar-refractivity contribution >= 4 is 11.6 Å². The van der Waals surface area contributed by atoms with Gasteiger partial charge in [0.15, 0.2) is 17.3 Å². The number of carbonyl (C=O) groups excluding carboxylic acids is 1. The Morgan fingerprint density at radius 3 is 2.50 bits per heavy atom. The van der Waals surface area contributed by atoms with E-state index in [2.05, 4.69) is 29.2 Å². The Balaban J connectivity index is 1.41. The van der Waals surface area contributed by atoms with Gasteiger partial charge in [0, 0.05) is 16.8 Å². The van der Waals surface area contributed by atoms with Gasteiger partial charge in [-0.05, 0) is 72.6 Å². The molecule has 2 heterocycles. The van der Waals surface area contributed by atoms with Crippen LogP contribution in [-0.2, 0) is 0 Å². The fourth-order valence-electron chi connectivity index (χ4n) is 3.63. The first-order valence-electron chi connectivity index (χ1n) is 11.6. The summed E-state index contributed by atoms with van der Waals surface area (Å²) in [6, 6.07) is 20.2. The van der Waals surface area contributed by atoms with Gasteiger partial charge in [0.1, 0.15) is 5.75 Å². The third kappa shape index (κ3) is 4.95. The zero-order valence-corrected chi connectivity index (χ0v) is 20.2. The van der Waals surface area contributed by atoms with E-state index in [1.54, 1.807) is 36.1 Å². The number of aromatic nitrogens is 3. The first-order chi connectivity index (χ1) is 17.5. The topological polar surface area (TPSA) is 96.7 Å². The summed E-state index contributed by atoms with van der Waals surface area (Å²) >= 11 is 0. The molecule has 0 bridgehead atoms. The lowest BCUT2D eigenvalue weighted by molar-refractivity contribution is 0.102. The molecule has 1 aliphatic rings. The van der Waals surface area contributed by atoms with Crippen LogP contribution in [0.1, 0.15) is 24.2 Å². The maximum absolute atomic E-state index is 12.6. The lowest BCUT2D eigenvalue weighted by atomic mass is 10.2. The average Bonchev–Trinajstić information content (AvgIpc) is 3.54.